The molecular formula is C41H27N3. The van der Waals surface area contributed by atoms with E-state index in [-0.39, 0.29) is 0 Å². The zero-order valence-corrected chi connectivity index (χ0v) is 23.9. The van der Waals surface area contributed by atoms with Gasteiger partial charge in [0.05, 0.1) is 17.1 Å². The summed E-state index contributed by atoms with van der Waals surface area (Å²) in [5.41, 5.74) is 10.4. The first-order valence-corrected chi connectivity index (χ1v) is 14.8. The minimum atomic E-state index is 0.871. The van der Waals surface area contributed by atoms with Crippen LogP contribution in [0.5, 0.6) is 0 Å². The van der Waals surface area contributed by atoms with Crippen molar-refractivity contribution in [2.45, 2.75) is 0 Å². The number of nitrogens with zero attached hydrogens (tertiary/aromatic N) is 3. The van der Waals surface area contributed by atoms with Crippen molar-refractivity contribution < 1.29 is 0 Å². The Kier molecular flexibility index (Phi) is 6.47. The van der Waals surface area contributed by atoms with Gasteiger partial charge in [-0.15, -0.1) is 0 Å². The molecule has 3 nitrogen and oxygen atoms in total. The van der Waals surface area contributed by atoms with Gasteiger partial charge in [0.15, 0.2) is 0 Å². The van der Waals surface area contributed by atoms with E-state index in [1.807, 2.05) is 12.1 Å². The molecular weight excluding hydrogens is 534 g/mol. The molecule has 0 N–H and O–H groups in total. The summed E-state index contributed by atoms with van der Waals surface area (Å²) in [5, 5.41) is 4.92. The quantitative estimate of drug-likeness (QED) is 0.196. The van der Waals surface area contributed by atoms with Crippen molar-refractivity contribution in [1.82, 2.24) is 15.0 Å². The molecule has 44 heavy (non-hydrogen) atoms. The maximum Gasteiger partial charge on any atom is 0.116 e. The second-order valence-electron chi connectivity index (χ2n) is 10.9. The van der Waals surface area contributed by atoms with Crippen molar-refractivity contribution in [2.24, 2.45) is 0 Å². The highest BCUT2D eigenvalue weighted by atomic mass is 14.8. The van der Waals surface area contributed by atoms with Crippen molar-refractivity contribution in [3.63, 3.8) is 0 Å². The summed E-state index contributed by atoms with van der Waals surface area (Å²) in [6.45, 7) is 0. The van der Waals surface area contributed by atoms with Gasteiger partial charge in [-0.05, 0) is 86.3 Å². The van der Waals surface area contributed by atoms with E-state index < -0.39 is 0 Å². The Morgan fingerprint density at radius 1 is 0.364 bits per heavy atom. The van der Waals surface area contributed by atoms with Gasteiger partial charge in [0.1, 0.15) is 6.33 Å². The van der Waals surface area contributed by atoms with Gasteiger partial charge in [0.2, 0.25) is 0 Å². The molecule has 2 heterocycles. The molecule has 8 aromatic rings. The third kappa shape index (κ3) is 4.81. The van der Waals surface area contributed by atoms with Crippen molar-refractivity contribution in [2.75, 3.05) is 0 Å². The number of hydrogen-bond donors (Lipinski definition) is 0. The number of hydrogen-bond acceptors (Lipinski definition) is 3. The second-order valence-corrected chi connectivity index (χ2v) is 10.9. The lowest BCUT2D eigenvalue weighted by Gasteiger charge is -2.15. The predicted molar refractivity (Wildman–Crippen MR) is 182 cm³/mol. The van der Waals surface area contributed by atoms with Gasteiger partial charge in [0.25, 0.3) is 0 Å². The van der Waals surface area contributed by atoms with Gasteiger partial charge in [0, 0.05) is 22.9 Å². The Balaban J connectivity index is 1.41. The van der Waals surface area contributed by atoms with E-state index in [0.29, 0.717) is 0 Å². The maximum atomic E-state index is 5.25. The van der Waals surface area contributed by atoms with Crippen molar-refractivity contribution in [3.8, 4) is 56.0 Å². The molecule has 6 aromatic carbocycles. The van der Waals surface area contributed by atoms with Crippen LogP contribution in [0.4, 0.5) is 0 Å². The first-order chi connectivity index (χ1) is 21.8. The summed E-state index contributed by atoms with van der Waals surface area (Å²) in [7, 11) is 0. The maximum absolute atomic E-state index is 5.25. The lowest BCUT2D eigenvalue weighted by atomic mass is 9.90. The van der Waals surface area contributed by atoms with Crippen LogP contribution in [0.3, 0.4) is 0 Å². The zero-order chi connectivity index (χ0) is 29.3. The van der Waals surface area contributed by atoms with Crippen LogP contribution in [0.25, 0.3) is 77.6 Å². The molecule has 0 aliphatic carbocycles. The smallest absolute Gasteiger partial charge is 0.116 e. The number of benzene rings is 6. The largest absolute Gasteiger partial charge is 0.248 e. The van der Waals surface area contributed by atoms with E-state index in [2.05, 4.69) is 149 Å². The zero-order valence-electron chi connectivity index (χ0n) is 23.9. The molecule has 0 radical (unpaired) electrons. The lowest BCUT2D eigenvalue weighted by Crippen LogP contribution is -1.94. The number of pyridine rings is 1. The van der Waals surface area contributed by atoms with Gasteiger partial charge in [-0.3, -0.25) is 0 Å². The van der Waals surface area contributed by atoms with Crippen molar-refractivity contribution >= 4 is 21.5 Å². The van der Waals surface area contributed by atoms with E-state index in [1.54, 1.807) is 12.5 Å². The summed E-state index contributed by atoms with van der Waals surface area (Å²) in [5.74, 6) is 0. The second kappa shape index (κ2) is 11.0. The predicted octanol–water partition coefficient (Wildman–Crippen LogP) is 10.5. The van der Waals surface area contributed by atoms with Gasteiger partial charge >= 0.3 is 0 Å². The molecule has 206 valence electrons. The Morgan fingerprint density at radius 2 is 0.955 bits per heavy atom. The van der Waals surface area contributed by atoms with E-state index in [4.69, 9.17) is 4.98 Å². The van der Waals surface area contributed by atoms with Gasteiger partial charge < -0.3 is 0 Å². The van der Waals surface area contributed by atoms with E-state index >= 15 is 0 Å². The molecule has 0 aliphatic heterocycles. The molecule has 0 fully saturated rings. The average Bonchev–Trinajstić information content (AvgIpc) is 3.12. The Morgan fingerprint density at radius 3 is 1.68 bits per heavy atom. The average molecular weight is 562 g/mol. The standard InChI is InChI=1S/C41H27N3/c1-3-11-28(12-4-1)31-25-40(29-13-5-2-6-14-29)44-41(26-31)34-22-32(21-33(23-34)39-19-20-42-27-43-39)38-24-30-15-7-8-16-35(30)36-17-9-10-18-37(36)38/h1-27H. The highest BCUT2D eigenvalue weighted by Gasteiger charge is 2.15. The van der Waals surface area contributed by atoms with E-state index in [9.17, 15) is 0 Å². The van der Waals surface area contributed by atoms with Gasteiger partial charge in [-0.1, -0.05) is 109 Å². The Bertz CT molecular complexity index is 2200. The highest BCUT2D eigenvalue weighted by Crippen LogP contribution is 2.39. The summed E-state index contributed by atoms with van der Waals surface area (Å²) < 4.78 is 0. The van der Waals surface area contributed by atoms with Gasteiger partial charge in [-0.2, -0.15) is 0 Å². The molecule has 3 heteroatoms. The highest BCUT2D eigenvalue weighted by molar-refractivity contribution is 6.14. The van der Waals surface area contributed by atoms with Crippen LogP contribution in [-0.4, -0.2) is 15.0 Å². The van der Waals surface area contributed by atoms with Crippen LogP contribution in [0, 0.1) is 0 Å². The third-order valence-electron chi connectivity index (χ3n) is 8.19. The monoisotopic (exact) mass is 561 g/mol. The van der Waals surface area contributed by atoms with Crippen LogP contribution in [0.15, 0.2) is 164 Å². The number of rotatable bonds is 5. The lowest BCUT2D eigenvalue weighted by molar-refractivity contribution is 1.17. The van der Waals surface area contributed by atoms with E-state index in [0.717, 1.165) is 50.5 Å². The van der Waals surface area contributed by atoms with Gasteiger partial charge in [-0.25, -0.2) is 15.0 Å². The molecule has 0 saturated carbocycles. The van der Waals surface area contributed by atoms with E-state index in [1.165, 1.54) is 27.1 Å². The summed E-state index contributed by atoms with van der Waals surface area (Å²) in [6.07, 6.45) is 3.40. The fraction of sp³-hybridized carbons (Fsp3) is 0. The first kappa shape index (κ1) is 25.8. The summed E-state index contributed by atoms with van der Waals surface area (Å²) in [4.78, 5) is 14.1. The molecule has 2 aromatic heterocycles. The van der Waals surface area contributed by atoms with Crippen LogP contribution in [0.1, 0.15) is 0 Å². The van der Waals surface area contributed by atoms with Crippen molar-refractivity contribution in [3.05, 3.63) is 164 Å². The minimum Gasteiger partial charge on any atom is -0.248 e. The molecule has 0 bridgehead atoms. The van der Waals surface area contributed by atoms with Crippen LogP contribution < -0.4 is 0 Å². The molecule has 0 amide bonds. The Hall–Kier alpha value is -5.93. The third-order valence-corrected chi connectivity index (χ3v) is 8.19. The fourth-order valence-corrected chi connectivity index (χ4v) is 6.07. The first-order valence-electron chi connectivity index (χ1n) is 14.8. The van der Waals surface area contributed by atoms with Crippen LogP contribution in [-0.2, 0) is 0 Å². The normalized spacial score (nSPS) is 11.2. The summed E-state index contributed by atoms with van der Waals surface area (Å²) in [6, 6.07) is 53.5. The van der Waals surface area contributed by atoms with Crippen LogP contribution in [0.2, 0.25) is 0 Å². The molecule has 0 atom stereocenters. The molecule has 0 unspecified atom stereocenters. The molecule has 0 aliphatic rings. The topological polar surface area (TPSA) is 38.7 Å². The Labute approximate surface area is 256 Å². The number of fused-ring (bicyclic) bond motifs is 3. The summed E-state index contributed by atoms with van der Waals surface area (Å²) >= 11 is 0. The fourth-order valence-electron chi connectivity index (χ4n) is 6.07. The SMILES string of the molecule is c1ccc(-c2cc(-c3ccccc3)nc(-c3cc(-c4ccncn4)cc(-c4cc5ccccc5c5ccccc45)c3)c2)cc1. The molecule has 0 saturated heterocycles. The molecule has 8 rings (SSSR count). The van der Waals surface area contributed by atoms with Crippen molar-refractivity contribution in [1.29, 1.82) is 0 Å². The number of aromatic nitrogens is 3. The minimum absolute atomic E-state index is 0.871. The van der Waals surface area contributed by atoms with Crippen LogP contribution >= 0.6 is 0 Å². The molecule has 0 spiro atoms.